The smallest absolute Gasteiger partial charge is 0.268 e. The van der Waals surface area contributed by atoms with E-state index in [1.807, 2.05) is 47.4 Å². The molecule has 2 amide bonds. The zero-order valence-electron chi connectivity index (χ0n) is 20.3. The molecule has 188 valence electrons. The van der Waals surface area contributed by atoms with Crippen LogP contribution in [-0.2, 0) is 11.4 Å². The molecule has 0 bridgehead atoms. The molecular weight excluding hydrogens is 486 g/mol. The Morgan fingerprint density at radius 3 is 2.78 bits per heavy atom. The first-order valence-electron chi connectivity index (χ1n) is 12.3. The summed E-state index contributed by atoms with van der Waals surface area (Å²) in [6.45, 7) is 5.04. The summed E-state index contributed by atoms with van der Waals surface area (Å²) in [6, 6.07) is 15.5. The second-order valence-electron chi connectivity index (χ2n) is 9.88. The van der Waals surface area contributed by atoms with Gasteiger partial charge in [-0.1, -0.05) is 24.8 Å². The van der Waals surface area contributed by atoms with Crippen LogP contribution in [0.5, 0.6) is 0 Å². The summed E-state index contributed by atoms with van der Waals surface area (Å²) in [7, 11) is 0. The van der Waals surface area contributed by atoms with Gasteiger partial charge in [0.2, 0.25) is 11.9 Å². The number of fused-ring (bicyclic) bond motifs is 1. The largest absolute Gasteiger partial charge is 0.390 e. The molecule has 1 saturated heterocycles. The molecule has 1 spiro atoms. The minimum Gasteiger partial charge on any atom is -0.390 e. The van der Waals surface area contributed by atoms with Gasteiger partial charge in [0.05, 0.1) is 28.2 Å². The highest BCUT2D eigenvalue weighted by Crippen LogP contribution is 2.55. The fourth-order valence-corrected chi connectivity index (χ4v) is 6.54. The van der Waals surface area contributed by atoms with Crippen molar-refractivity contribution in [2.45, 2.75) is 31.9 Å². The van der Waals surface area contributed by atoms with Gasteiger partial charge in [0.15, 0.2) is 0 Å². The Morgan fingerprint density at radius 1 is 1.19 bits per heavy atom. The van der Waals surface area contributed by atoms with Crippen LogP contribution >= 0.6 is 11.3 Å². The van der Waals surface area contributed by atoms with Crippen molar-refractivity contribution in [2.75, 3.05) is 18.4 Å². The molecule has 1 aromatic carbocycles. The number of nitrogens with zero attached hydrogens (tertiary/aromatic N) is 4. The summed E-state index contributed by atoms with van der Waals surface area (Å²) in [5, 5.41) is 12.3. The minimum absolute atomic E-state index is 0.00297. The maximum atomic E-state index is 13.3. The maximum absolute atomic E-state index is 13.3. The lowest BCUT2D eigenvalue weighted by Crippen LogP contribution is -2.42. The Labute approximate surface area is 218 Å². The monoisotopic (exact) mass is 513 g/mol. The molecular formula is C28H27N5O3S. The number of carbonyl (C=O) groups excluding carboxylic acids is 2. The number of amides is 2. The number of imidazole rings is 1. The molecule has 6 rings (SSSR count). The van der Waals surface area contributed by atoms with E-state index in [1.165, 1.54) is 17.4 Å². The van der Waals surface area contributed by atoms with Crippen LogP contribution in [0.1, 0.15) is 40.7 Å². The molecule has 2 aliphatic rings. The standard InChI is InChI=1S/C28H27N5O3S/c1-2-25(35)32-12-11-28(17-32)13-20(14-28)33-22-6-4-3-5-21(22)30-27(33)31-26(36)24-10-9-23(37-24)18-7-8-19(16-34)29-15-18/h2-10,15,20,34H,1,11-14,16-17H2,(H,30,31,36)/t20-,28-. The fourth-order valence-electron chi connectivity index (χ4n) is 5.65. The average molecular weight is 514 g/mol. The Hall–Kier alpha value is -3.82. The Bertz CT molecular complexity index is 1500. The summed E-state index contributed by atoms with van der Waals surface area (Å²) in [6.07, 6.45) is 5.97. The molecule has 0 atom stereocenters. The lowest BCUT2D eigenvalue weighted by molar-refractivity contribution is -0.125. The van der Waals surface area contributed by atoms with E-state index in [9.17, 15) is 14.7 Å². The van der Waals surface area contributed by atoms with Crippen LogP contribution < -0.4 is 5.32 Å². The number of benzene rings is 1. The van der Waals surface area contributed by atoms with Crippen molar-refractivity contribution in [2.24, 2.45) is 5.41 Å². The van der Waals surface area contributed by atoms with E-state index in [2.05, 4.69) is 21.4 Å². The number of aliphatic hydroxyl groups is 1. The van der Waals surface area contributed by atoms with Crippen molar-refractivity contribution in [1.29, 1.82) is 0 Å². The average Bonchev–Trinajstić information content (AvgIpc) is 3.64. The molecule has 37 heavy (non-hydrogen) atoms. The van der Waals surface area contributed by atoms with Gasteiger partial charge in [-0.3, -0.25) is 19.9 Å². The molecule has 0 unspecified atom stereocenters. The topological polar surface area (TPSA) is 100 Å². The van der Waals surface area contributed by atoms with Crippen LogP contribution in [0.2, 0.25) is 0 Å². The van der Waals surface area contributed by atoms with E-state index >= 15 is 0 Å². The van der Waals surface area contributed by atoms with Crippen LogP contribution in [0.25, 0.3) is 21.5 Å². The number of hydrogen-bond donors (Lipinski definition) is 2. The highest BCUT2D eigenvalue weighted by Gasteiger charge is 2.50. The number of hydrogen-bond acceptors (Lipinski definition) is 6. The van der Waals surface area contributed by atoms with Gasteiger partial charge in [-0.2, -0.15) is 0 Å². The van der Waals surface area contributed by atoms with E-state index in [0.29, 0.717) is 16.5 Å². The van der Waals surface area contributed by atoms with Crippen molar-refractivity contribution < 1.29 is 14.7 Å². The lowest BCUT2D eigenvalue weighted by Gasteiger charge is -2.46. The maximum Gasteiger partial charge on any atom is 0.268 e. The molecule has 9 heteroatoms. The van der Waals surface area contributed by atoms with Gasteiger partial charge in [-0.05, 0) is 61.1 Å². The van der Waals surface area contributed by atoms with Gasteiger partial charge in [-0.15, -0.1) is 11.3 Å². The third-order valence-corrected chi connectivity index (χ3v) is 8.68. The van der Waals surface area contributed by atoms with Gasteiger partial charge < -0.3 is 14.6 Å². The predicted octanol–water partition coefficient (Wildman–Crippen LogP) is 4.64. The number of aliphatic hydroxyl groups excluding tert-OH is 1. The van der Waals surface area contributed by atoms with E-state index in [4.69, 9.17) is 4.98 Å². The van der Waals surface area contributed by atoms with E-state index in [1.54, 1.807) is 12.3 Å². The summed E-state index contributed by atoms with van der Waals surface area (Å²) < 4.78 is 2.16. The minimum atomic E-state index is -0.203. The van der Waals surface area contributed by atoms with Gasteiger partial charge in [0.1, 0.15) is 0 Å². The first-order chi connectivity index (χ1) is 18.0. The Kier molecular flexibility index (Phi) is 5.89. The number of thiophene rings is 1. The van der Waals surface area contributed by atoms with E-state index in [-0.39, 0.29) is 29.9 Å². The Balaban J connectivity index is 1.22. The molecule has 3 aromatic heterocycles. The molecule has 2 N–H and O–H groups in total. The molecule has 1 aliphatic carbocycles. The molecule has 1 saturated carbocycles. The third-order valence-electron chi connectivity index (χ3n) is 7.55. The number of likely N-dealkylation sites (tertiary alicyclic amines) is 1. The van der Waals surface area contributed by atoms with Gasteiger partial charge in [0, 0.05) is 35.8 Å². The molecule has 0 radical (unpaired) electrons. The lowest BCUT2D eigenvalue weighted by atomic mass is 9.65. The molecule has 1 aliphatic heterocycles. The second kappa shape index (κ2) is 9.24. The van der Waals surface area contributed by atoms with Crippen molar-refractivity contribution >= 4 is 40.1 Å². The fraction of sp³-hybridized carbons (Fsp3) is 0.286. The summed E-state index contributed by atoms with van der Waals surface area (Å²) in [4.78, 5) is 37.7. The zero-order chi connectivity index (χ0) is 25.6. The van der Waals surface area contributed by atoms with Gasteiger partial charge in [-0.25, -0.2) is 4.98 Å². The first-order valence-corrected chi connectivity index (χ1v) is 13.2. The second-order valence-corrected chi connectivity index (χ2v) is 11.0. The van der Waals surface area contributed by atoms with Crippen molar-refractivity contribution in [3.63, 3.8) is 0 Å². The predicted molar refractivity (Wildman–Crippen MR) is 143 cm³/mol. The number of aromatic nitrogens is 3. The number of nitrogens with one attached hydrogen (secondary N) is 1. The highest BCUT2D eigenvalue weighted by molar-refractivity contribution is 7.17. The van der Waals surface area contributed by atoms with Crippen molar-refractivity contribution in [3.05, 3.63) is 78.0 Å². The molecule has 4 aromatic rings. The first kappa shape index (κ1) is 23.6. The van der Waals surface area contributed by atoms with Gasteiger partial charge >= 0.3 is 0 Å². The number of rotatable bonds is 6. The normalized spacial score (nSPS) is 20.8. The summed E-state index contributed by atoms with van der Waals surface area (Å²) in [5.74, 6) is 0.342. The molecule has 4 heterocycles. The van der Waals surface area contributed by atoms with Crippen LogP contribution in [0, 0.1) is 5.41 Å². The highest BCUT2D eigenvalue weighted by atomic mass is 32.1. The zero-order valence-corrected chi connectivity index (χ0v) is 21.1. The third kappa shape index (κ3) is 4.24. The number of para-hydroxylation sites is 2. The number of pyridine rings is 1. The molecule has 8 nitrogen and oxygen atoms in total. The molecule has 2 fully saturated rings. The van der Waals surface area contributed by atoms with Crippen molar-refractivity contribution in [1.82, 2.24) is 19.4 Å². The summed E-state index contributed by atoms with van der Waals surface area (Å²) >= 11 is 1.39. The number of carbonyl (C=O) groups is 2. The number of anilines is 1. The Morgan fingerprint density at radius 2 is 2.03 bits per heavy atom. The SMILES string of the molecule is C=CC(=O)N1CC[C@]2(C1)C[C@H](n1c(NC(=O)c3ccc(-c4ccc(CO)nc4)s3)nc3ccccc31)C2. The van der Waals surface area contributed by atoms with E-state index in [0.717, 1.165) is 53.8 Å². The summed E-state index contributed by atoms with van der Waals surface area (Å²) in [5.41, 5.74) is 3.46. The van der Waals surface area contributed by atoms with Crippen LogP contribution in [0.15, 0.2) is 67.4 Å². The van der Waals surface area contributed by atoms with Crippen LogP contribution in [-0.4, -0.2) is 49.4 Å². The van der Waals surface area contributed by atoms with Crippen LogP contribution in [0.4, 0.5) is 5.95 Å². The van der Waals surface area contributed by atoms with Crippen molar-refractivity contribution in [3.8, 4) is 10.4 Å². The van der Waals surface area contributed by atoms with Crippen LogP contribution in [0.3, 0.4) is 0 Å². The van der Waals surface area contributed by atoms with E-state index < -0.39 is 0 Å². The quantitative estimate of drug-likeness (QED) is 0.366. The van der Waals surface area contributed by atoms with Gasteiger partial charge in [0.25, 0.3) is 5.91 Å².